The summed E-state index contributed by atoms with van der Waals surface area (Å²) in [5.74, 6) is -0.857. The molecule has 2 aromatic rings. The molecule has 1 N–H and O–H groups in total. The molecule has 2 heterocycles. The number of aryl methyl sites for hydroxylation is 1. The van der Waals surface area contributed by atoms with Gasteiger partial charge in [-0.1, -0.05) is 24.8 Å². The molecule has 0 spiro atoms. The fourth-order valence-electron chi connectivity index (χ4n) is 2.00. The highest BCUT2D eigenvalue weighted by Gasteiger charge is 2.07. The number of nitrogens with one attached hydrogen (secondary N) is 1. The molecule has 0 radical (unpaired) electrons. The third kappa shape index (κ3) is 5.13. The van der Waals surface area contributed by atoms with E-state index in [9.17, 15) is 8.78 Å². The molecule has 0 fully saturated rings. The van der Waals surface area contributed by atoms with Gasteiger partial charge in [-0.3, -0.25) is 4.98 Å². The van der Waals surface area contributed by atoms with Crippen LogP contribution in [0.2, 0.25) is 0 Å². The monoisotopic (exact) mass is 312 g/mol. The van der Waals surface area contributed by atoms with Crippen molar-refractivity contribution in [2.24, 2.45) is 0 Å². The van der Waals surface area contributed by atoms with E-state index < -0.39 is 5.76 Å². The van der Waals surface area contributed by atoms with Crippen LogP contribution in [0.1, 0.15) is 29.7 Å². The van der Waals surface area contributed by atoms with E-state index in [-0.39, 0.29) is 5.75 Å². The van der Waals surface area contributed by atoms with Gasteiger partial charge in [0.25, 0.3) is 5.76 Å². The largest absolute Gasteiger partial charge is 0.464 e. The van der Waals surface area contributed by atoms with Crippen molar-refractivity contribution in [1.82, 2.24) is 10.3 Å². The summed E-state index contributed by atoms with van der Waals surface area (Å²) in [6, 6.07) is 7.55. The zero-order valence-electron chi connectivity index (χ0n) is 11.8. The quantitative estimate of drug-likeness (QED) is 0.800. The minimum atomic E-state index is -2.37. The van der Waals surface area contributed by atoms with Crippen LogP contribution < -0.4 is 5.32 Å². The summed E-state index contributed by atoms with van der Waals surface area (Å²) in [6.07, 6.45) is 2.73. The number of alkyl halides is 2. The lowest BCUT2D eigenvalue weighted by molar-refractivity contribution is 0.251. The van der Waals surface area contributed by atoms with Crippen LogP contribution in [0.15, 0.2) is 34.9 Å². The maximum atomic E-state index is 12.1. The average molecular weight is 312 g/mol. The number of aromatic nitrogens is 1. The predicted molar refractivity (Wildman–Crippen MR) is 80.2 cm³/mol. The van der Waals surface area contributed by atoms with Crippen molar-refractivity contribution < 1.29 is 13.2 Å². The van der Waals surface area contributed by atoms with Crippen molar-refractivity contribution in [1.29, 1.82) is 0 Å². The molecule has 0 unspecified atom stereocenters. The van der Waals surface area contributed by atoms with Crippen molar-refractivity contribution in [2.75, 3.05) is 0 Å². The summed E-state index contributed by atoms with van der Waals surface area (Å²) in [5, 5.41) is 3.26. The van der Waals surface area contributed by atoms with Crippen LogP contribution in [-0.4, -0.2) is 10.7 Å². The zero-order valence-corrected chi connectivity index (χ0v) is 12.6. The third-order valence-electron chi connectivity index (χ3n) is 3.03. The van der Waals surface area contributed by atoms with Crippen molar-refractivity contribution >= 4 is 11.8 Å². The highest BCUT2D eigenvalue weighted by molar-refractivity contribution is 7.98. The molecular weight excluding hydrogens is 294 g/mol. The van der Waals surface area contributed by atoms with Gasteiger partial charge in [-0.25, -0.2) is 0 Å². The Morgan fingerprint density at radius 1 is 1.24 bits per heavy atom. The summed E-state index contributed by atoms with van der Waals surface area (Å²) in [7, 11) is 0. The Balaban J connectivity index is 1.81. The molecule has 3 nitrogen and oxygen atoms in total. The maximum Gasteiger partial charge on any atom is 0.284 e. The second-order valence-corrected chi connectivity index (χ2v) is 5.48. The summed E-state index contributed by atoms with van der Waals surface area (Å²) >= 11 is 0.566. The Labute approximate surface area is 127 Å². The van der Waals surface area contributed by atoms with Crippen LogP contribution in [0.4, 0.5) is 8.78 Å². The van der Waals surface area contributed by atoms with E-state index in [1.165, 1.54) is 5.56 Å². The van der Waals surface area contributed by atoms with Gasteiger partial charge in [0, 0.05) is 12.7 Å². The highest BCUT2D eigenvalue weighted by Crippen LogP contribution is 2.21. The molecule has 0 aliphatic heterocycles. The SMILES string of the molecule is CCc1cccnc1CNCc1ccc(CSC(F)F)o1. The van der Waals surface area contributed by atoms with Gasteiger partial charge in [0.05, 0.1) is 18.0 Å². The lowest BCUT2D eigenvalue weighted by Gasteiger charge is -2.07. The molecule has 6 heteroatoms. The number of rotatable bonds is 8. The molecule has 2 rings (SSSR count). The van der Waals surface area contributed by atoms with E-state index in [4.69, 9.17) is 4.42 Å². The van der Waals surface area contributed by atoms with E-state index in [1.54, 1.807) is 12.3 Å². The third-order valence-corrected chi connectivity index (χ3v) is 3.73. The van der Waals surface area contributed by atoms with Gasteiger partial charge < -0.3 is 9.73 Å². The Morgan fingerprint density at radius 3 is 2.81 bits per heavy atom. The van der Waals surface area contributed by atoms with E-state index in [0.717, 1.165) is 17.9 Å². The van der Waals surface area contributed by atoms with Crippen molar-refractivity contribution in [3.63, 3.8) is 0 Å². The van der Waals surface area contributed by atoms with Crippen LogP contribution >= 0.6 is 11.8 Å². The highest BCUT2D eigenvalue weighted by atomic mass is 32.2. The summed E-state index contributed by atoms with van der Waals surface area (Å²) in [6.45, 7) is 3.31. The first-order valence-electron chi connectivity index (χ1n) is 6.80. The Morgan fingerprint density at radius 2 is 2.05 bits per heavy atom. The lowest BCUT2D eigenvalue weighted by atomic mass is 10.1. The first-order valence-corrected chi connectivity index (χ1v) is 7.84. The second-order valence-electron chi connectivity index (χ2n) is 4.51. The fraction of sp³-hybridized carbons (Fsp3) is 0.400. The molecule has 0 bridgehead atoms. The van der Waals surface area contributed by atoms with Crippen molar-refractivity contribution in [3.05, 3.63) is 53.2 Å². The number of hydrogen-bond donors (Lipinski definition) is 1. The molecule has 114 valence electrons. The molecule has 0 aliphatic rings. The van der Waals surface area contributed by atoms with Crippen molar-refractivity contribution in [2.45, 2.75) is 37.9 Å². The maximum absolute atomic E-state index is 12.1. The minimum Gasteiger partial charge on any atom is -0.464 e. The summed E-state index contributed by atoms with van der Waals surface area (Å²) < 4.78 is 29.7. The number of thioether (sulfide) groups is 1. The molecule has 2 aromatic heterocycles. The number of hydrogen-bond acceptors (Lipinski definition) is 4. The van der Waals surface area contributed by atoms with E-state index >= 15 is 0 Å². The molecular formula is C15H18F2N2OS. The molecule has 0 aromatic carbocycles. The van der Waals surface area contributed by atoms with Crippen LogP contribution in [0, 0.1) is 0 Å². The number of pyridine rings is 1. The average Bonchev–Trinajstić information content (AvgIpc) is 2.93. The van der Waals surface area contributed by atoms with Crippen LogP contribution in [0.3, 0.4) is 0 Å². The fourth-order valence-corrected chi connectivity index (χ4v) is 2.44. The summed E-state index contributed by atoms with van der Waals surface area (Å²) in [5.41, 5.74) is 2.25. The van der Waals surface area contributed by atoms with Crippen LogP contribution in [-0.2, 0) is 25.3 Å². The van der Waals surface area contributed by atoms with Gasteiger partial charge in [-0.2, -0.15) is 8.78 Å². The van der Waals surface area contributed by atoms with Gasteiger partial charge in [0.2, 0.25) is 0 Å². The number of halogens is 2. The number of furan rings is 1. The smallest absolute Gasteiger partial charge is 0.284 e. The molecule has 21 heavy (non-hydrogen) atoms. The molecule has 0 atom stereocenters. The van der Waals surface area contributed by atoms with E-state index in [2.05, 4.69) is 23.3 Å². The van der Waals surface area contributed by atoms with Crippen LogP contribution in [0.25, 0.3) is 0 Å². The summed E-state index contributed by atoms with van der Waals surface area (Å²) in [4.78, 5) is 4.35. The molecule has 0 saturated heterocycles. The first-order chi connectivity index (χ1) is 10.2. The van der Waals surface area contributed by atoms with Gasteiger partial charge in [0.1, 0.15) is 11.5 Å². The van der Waals surface area contributed by atoms with Gasteiger partial charge in [0.15, 0.2) is 0 Å². The lowest BCUT2D eigenvalue weighted by Crippen LogP contribution is -2.14. The Hall–Kier alpha value is -1.40. The zero-order chi connectivity index (χ0) is 15.1. The van der Waals surface area contributed by atoms with E-state index in [0.29, 0.717) is 30.6 Å². The molecule has 0 aliphatic carbocycles. The Bertz CT molecular complexity index is 560. The normalized spacial score (nSPS) is 11.2. The number of nitrogens with zero attached hydrogens (tertiary/aromatic N) is 1. The topological polar surface area (TPSA) is 38.1 Å². The standard InChI is InChI=1S/C15H18F2N2OS/c1-2-11-4-3-7-19-14(11)9-18-8-12-5-6-13(20-12)10-21-15(16)17/h3-7,15,18H,2,8-10H2,1H3. The Kier molecular flexibility index (Phi) is 6.20. The van der Waals surface area contributed by atoms with Gasteiger partial charge in [-0.05, 0) is 30.2 Å². The molecule has 0 amide bonds. The first kappa shape index (κ1) is 16.0. The molecule has 0 saturated carbocycles. The van der Waals surface area contributed by atoms with Gasteiger partial charge >= 0.3 is 0 Å². The van der Waals surface area contributed by atoms with E-state index in [1.807, 2.05) is 12.1 Å². The predicted octanol–water partition coefficient (Wildman–Crippen LogP) is 3.98. The second kappa shape index (κ2) is 8.14. The van der Waals surface area contributed by atoms with Gasteiger partial charge in [-0.15, -0.1) is 0 Å². The van der Waals surface area contributed by atoms with Crippen LogP contribution in [0.5, 0.6) is 0 Å². The van der Waals surface area contributed by atoms with Crippen molar-refractivity contribution in [3.8, 4) is 0 Å². The minimum absolute atomic E-state index is 0.192.